The van der Waals surface area contributed by atoms with Crippen LogP contribution in [0.1, 0.15) is 39.9 Å². The second-order valence-corrected chi connectivity index (χ2v) is 5.47. The fourth-order valence-electron chi connectivity index (χ4n) is 1.80. The van der Waals surface area contributed by atoms with E-state index in [1.807, 2.05) is 27.7 Å². The van der Waals surface area contributed by atoms with Gasteiger partial charge in [0.2, 0.25) is 0 Å². The van der Waals surface area contributed by atoms with Crippen LogP contribution >= 0.6 is 0 Å². The van der Waals surface area contributed by atoms with Crippen LogP contribution in [0.5, 0.6) is 0 Å². The third-order valence-electron chi connectivity index (χ3n) is 2.80. The molecule has 0 aliphatic rings. The number of nitrogens with zero attached hydrogens (tertiary/aromatic N) is 3. The summed E-state index contributed by atoms with van der Waals surface area (Å²) in [7, 11) is 0. The molecule has 0 radical (unpaired) electrons. The van der Waals surface area contributed by atoms with Crippen LogP contribution in [-0.2, 0) is 12.0 Å². The molecule has 3 N–H and O–H groups in total. The molecule has 0 unspecified atom stereocenters. The first kappa shape index (κ1) is 12.6. The van der Waals surface area contributed by atoms with Gasteiger partial charge in [0.1, 0.15) is 17.0 Å². The second-order valence-electron chi connectivity index (χ2n) is 5.47. The third kappa shape index (κ3) is 1.98. The molecular weight excluding hydrogens is 230 g/mol. The van der Waals surface area contributed by atoms with Gasteiger partial charge in [-0.05, 0) is 6.42 Å². The van der Waals surface area contributed by atoms with Crippen LogP contribution in [0.25, 0.3) is 11.0 Å². The molecule has 0 aliphatic heterocycles. The van der Waals surface area contributed by atoms with Crippen LogP contribution < -0.4 is 11.3 Å². The Hall–Kier alpha value is -1.85. The SMILES string of the molecule is CCCn1nc2nc(C(C)(C)C)[nH]c(=O)c2c1N. The molecule has 6 nitrogen and oxygen atoms in total. The smallest absolute Gasteiger partial charge is 0.264 e. The zero-order valence-corrected chi connectivity index (χ0v) is 11.2. The van der Waals surface area contributed by atoms with Crippen LogP contribution in [0.3, 0.4) is 0 Å². The molecule has 0 atom stereocenters. The Morgan fingerprint density at radius 1 is 1.39 bits per heavy atom. The first-order valence-corrected chi connectivity index (χ1v) is 6.11. The van der Waals surface area contributed by atoms with E-state index in [4.69, 9.17) is 5.73 Å². The fraction of sp³-hybridized carbons (Fsp3) is 0.583. The number of nitrogens with two attached hydrogens (primary N) is 1. The summed E-state index contributed by atoms with van der Waals surface area (Å²) in [5.74, 6) is 1.02. The molecule has 2 rings (SSSR count). The largest absolute Gasteiger partial charge is 0.383 e. The maximum absolute atomic E-state index is 12.1. The van der Waals surface area contributed by atoms with Crippen LogP contribution in [0.4, 0.5) is 5.82 Å². The van der Waals surface area contributed by atoms with E-state index in [2.05, 4.69) is 15.1 Å². The highest BCUT2D eigenvalue weighted by Crippen LogP contribution is 2.20. The van der Waals surface area contributed by atoms with Crippen LogP contribution in [0.15, 0.2) is 4.79 Å². The molecule has 0 amide bonds. The van der Waals surface area contributed by atoms with Gasteiger partial charge in [-0.3, -0.25) is 4.79 Å². The van der Waals surface area contributed by atoms with Gasteiger partial charge in [-0.2, -0.15) is 5.10 Å². The van der Waals surface area contributed by atoms with Gasteiger partial charge in [0, 0.05) is 12.0 Å². The zero-order valence-electron chi connectivity index (χ0n) is 11.2. The predicted octanol–water partition coefficient (Wildman–Crippen LogP) is 1.41. The molecule has 18 heavy (non-hydrogen) atoms. The van der Waals surface area contributed by atoms with E-state index >= 15 is 0 Å². The van der Waals surface area contributed by atoms with Crippen molar-refractivity contribution in [3.63, 3.8) is 0 Å². The van der Waals surface area contributed by atoms with E-state index in [0.717, 1.165) is 6.42 Å². The van der Waals surface area contributed by atoms with E-state index in [1.54, 1.807) is 4.68 Å². The lowest BCUT2D eigenvalue weighted by molar-refractivity contribution is 0.544. The van der Waals surface area contributed by atoms with Crippen molar-refractivity contribution in [3.05, 3.63) is 16.2 Å². The van der Waals surface area contributed by atoms with Crippen molar-refractivity contribution >= 4 is 16.9 Å². The summed E-state index contributed by atoms with van der Waals surface area (Å²) in [6.45, 7) is 8.69. The number of aromatic amines is 1. The average molecular weight is 249 g/mol. The number of aryl methyl sites for hydroxylation is 1. The van der Waals surface area contributed by atoms with Crippen LogP contribution in [0.2, 0.25) is 0 Å². The minimum absolute atomic E-state index is 0.218. The third-order valence-corrected chi connectivity index (χ3v) is 2.80. The molecule has 0 aliphatic carbocycles. The molecule has 0 saturated heterocycles. The zero-order chi connectivity index (χ0) is 13.5. The molecule has 2 aromatic rings. The lowest BCUT2D eigenvalue weighted by atomic mass is 9.96. The number of rotatable bonds is 2. The Morgan fingerprint density at radius 2 is 2.06 bits per heavy atom. The highest BCUT2D eigenvalue weighted by Gasteiger charge is 2.21. The summed E-state index contributed by atoms with van der Waals surface area (Å²) in [5, 5.41) is 4.68. The Kier molecular flexibility index (Phi) is 2.88. The van der Waals surface area contributed by atoms with Crippen molar-refractivity contribution in [1.82, 2.24) is 19.7 Å². The van der Waals surface area contributed by atoms with E-state index in [-0.39, 0.29) is 11.0 Å². The molecule has 0 aromatic carbocycles. The molecular formula is C12H19N5O. The molecule has 0 bridgehead atoms. The van der Waals surface area contributed by atoms with Gasteiger partial charge in [0.15, 0.2) is 5.65 Å². The monoisotopic (exact) mass is 249 g/mol. The van der Waals surface area contributed by atoms with Crippen molar-refractivity contribution in [3.8, 4) is 0 Å². The van der Waals surface area contributed by atoms with Gasteiger partial charge in [0.25, 0.3) is 5.56 Å². The normalized spacial score (nSPS) is 12.2. The maximum atomic E-state index is 12.1. The second kappa shape index (κ2) is 4.12. The van der Waals surface area contributed by atoms with Gasteiger partial charge in [-0.25, -0.2) is 9.67 Å². The standard InChI is InChI=1S/C12H19N5O/c1-5-6-17-8(13)7-9(16-17)14-11(12(2,3)4)15-10(7)18/h5-6,13H2,1-4H3,(H,14,15,16,18). The molecule has 0 saturated carbocycles. The maximum Gasteiger partial charge on any atom is 0.264 e. The summed E-state index contributed by atoms with van der Waals surface area (Å²) in [6, 6.07) is 0. The van der Waals surface area contributed by atoms with Crippen molar-refractivity contribution in [2.24, 2.45) is 0 Å². The molecule has 98 valence electrons. The van der Waals surface area contributed by atoms with Gasteiger partial charge in [-0.15, -0.1) is 0 Å². The minimum atomic E-state index is -0.226. The quantitative estimate of drug-likeness (QED) is 0.842. The highest BCUT2D eigenvalue weighted by molar-refractivity contribution is 5.85. The number of fused-ring (bicyclic) bond motifs is 1. The van der Waals surface area contributed by atoms with Crippen molar-refractivity contribution in [2.45, 2.75) is 46.1 Å². The van der Waals surface area contributed by atoms with Gasteiger partial charge >= 0.3 is 0 Å². The van der Waals surface area contributed by atoms with Gasteiger partial charge in [0.05, 0.1) is 0 Å². The summed E-state index contributed by atoms with van der Waals surface area (Å²) < 4.78 is 1.64. The first-order chi connectivity index (χ1) is 8.34. The van der Waals surface area contributed by atoms with E-state index in [0.29, 0.717) is 29.2 Å². The number of H-pyrrole nitrogens is 1. The lowest BCUT2D eigenvalue weighted by Crippen LogP contribution is -2.22. The average Bonchev–Trinajstić information content (AvgIpc) is 2.55. The van der Waals surface area contributed by atoms with Gasteiger partial charge < -0.3 is 10.7 Å². The Labute approximate surface area is 105 Å². The fourth-order valence-corrected chi connectivity index (χ4v) is 1.80. The van der Waals surface area contributed by atoms with E-state index < -0.39 is 0 Å². The van der Waals surface area contributed by atoms with E-state index in [1.165, 1.54) is 0 Å². The summed E-state index contributed by atoms with van der Waals surface area (Å²) >= 11 is 0. The molecule has 2 heterocycles. The number of hydrogen-bond acceptors (Lipinski definition) is 4. The number of aromatic nitrogens is 4. The number of nitrogen functional groups attached to an aromatic ring is 1. The number of hydrogen-bond donors (Lipinski definition) is 2. The van der Waals surface area contributed by atoms with Gasteiger partial charge in [-0.1, -0.05) is 27.7 Å². The first-order valence-electron chi connectivity index (χ1n) is 6.11. The van der Waals surface area contributed by atoms with Crippen LogP contribution in [-0.4, -0.2) is 19.7 Å². The van der Waals surface area contributed by atoms with Crippen molar-refractivity contribution in [1.29, 1.82) is 0 Å². The molecule has 0 fully saturated rings. The summed E-state index contributed by atoms with van der Waals surface area (Å²) in [5.41, 5.74) is 5.91. The number of nitrogens with one attached hydrogen (secondary N) is 1. The topological polar surface area (TPSA) is 89.6 Å². The Balaban J connectivity index is 2.71. The highest BCUT2D eigenvalue weighted by atomic mass is 16.1. The number of anilines is 1. The van der Waals surface area contributed by atoms with Crippen molar-refractivity contribution < 1.29 is 0 Å². The predicted molar refractivity (Wildman–Crippen MR) is 71.6 cm³/mol. The summed E-state index contributed by atoms with van der Waals surface area (Å²) in [4.78, 5) is 19.2. The minimum Gasteiger partial charge on any atom is -0.383 e. The van der Waals surface area contributed by atoms with Crippen LogP contribution in [0, 0.1) is 0 Å². The molecule has 0 spiro atoms. The molecule has 2 aromatic heterocycles. The Morgan fingerprint density at radius 3 is 2.61 bits per heavy atom. The Bertz CT molecular complexity index is 632. The van der Waals surface area contributed by atoms with E-state index in [9.17, 15) is 4.79 Å². The van der Waals surface area contributed by atoms with Crippen molar-refractivity contribution in [2.75, 3.05) is 5.73 Å². The molecule has 6 heteroatoms. The lowest BCUT2D eigenvalue weighted by Gasteiger charge is -2.16. The summed E-state index contributed by atoms with van der Waals surface area (Å²) in [6.07, 6.45) is 0.905.